The Bertz CT molecular complexity index is 380. The zero-order chi connectivity index (χ0) is 10.3. The molecule has 0 N–H and O–H groups in total. The van der Waals surface area contributed by atoms with Crippen LogP contribution >= 0.6 is 11.8 Å². The van der Waals surface area contributed by atoms with Crippen LogP contribution in [0.25, 0.3) is 0 Å². The zero-order valence-electron chi connectivity index (χ0n) is 8.73. The highest BCUT2D eigenvalue weighted by Crippen LogP contribution is 2.56. The maximum atomic E-state index is 5.79. The third kappa shape index (κ3) is 1.59. The van der Waals surface area contributed by atoms with E-state index in [2.05, 4.69) is 31.2 Å². The van der Waals surface area contributed by atoms with Crippen molar-refractivity contribution in [1.82, 2.24) is 0 Å². The molecule has 2 nitrogen and oxygen atoms in total. The summed E-state index contributed by atoms with van der Waals surface area (Å²) in [6, 6.07) is 8.48. The van der Waals surface area contributed by atoms with Crippen LogP contribution in [0.4, 0.5) is 0 Å². The van der Waals surface area contributed by atoms with Gasteiger partial charge in [-0.05, 0) is 18.1 Å². The molecule has 2 heterocycles. The first-order valence-corrected chi connectivity index (χ1v) is 6.24. The minimum atomic E-state index is -0.343. The maximum Gasteiger partial charge on any atom is 0.251 e. The van der Waals surface area contributed by atoms with E-state index in [0.717, 1.165) is 19.4 Å². The van der Waals surface area contributed by atoms with Gasteiger partial charge >= 0.3 is 0 Å². The van der Waals surface area contributed by atoms with Crippen molar-refractivity contribution in [3.05, 3.63) is 29.8 Å². The fourth-order valence-electron chi connectivity index (χ4n) is 1.95. The molecule has 1 aromatic carbocycles. The van der Waals surface area contributed by atoms with Crippen LogP contribution in [0.3, 0.4) is 0 Å². The van der Waals surface area contributed by atoms with E-state index in [4.69, 9.17) is 9.47 Å². The van der Waals surface area contributed by atoms with E-state index < -0.39 is 0 Å². The average Bonchev–Trinajstić information content (AvgIpc) is 2.96. The Kier molecular flexibility index (Phi) is 2.27. The summed E-state index contributed by atoms with van der Waals surface area (Å²) >= 11 is 1.73. The summed E-state index contributed by atoms with van der Waals surface area (Å²) in [5.41, 5.74) is 1.39. The molecule has 0 radical (unpaired) electrons. The summed E-state index contributed by atoms with van der Waals surface area (Å²) in [5, 5.41) is -0.343. The molecular formula is C12H14O2S. The highest BCUT2D eigenvalue weighted by Gasteiger charge is 2.61. The van der Waals surface area contributed by atoms with Gasteiger partial charge < -0.3 is 9.47 Å². The minimum Gasteiger partial charge on any atom is -0.339 e. The average molecular weight is 222 g/mol. The van der Waals surface area contributed by atoms with E-state index >= 15 is 0 Å². The predicted octanol–water partition coefficient (Wildman–Crippen LogP) is 2.81. The molecule has 2 aliphatic rings. The summed E-state index contributed by atoms with van der Waals surface area (Å²) in [6.07, 6.45) is 2.30. The van der Waals surface area contributed by atoms with Crippen molar-refractivity contribution < 1.29 is 9.47 Å². The van der Waals surface area contributed by atoms with Crippen LogP contribution in [-0.4, -0.2) is 17.8 Å². The number of fused-ring (bicyclic) bond motifs is 2. The summed E-state index contributed by atoms with van der Waals surface area (Å²) in [7, 11) is 0. The van der Waals surface area contributed by atoms with E-state index in [-0.39, 0.29) is 11.2 Å². The van der Waals surface area contributed by atoms with Crippen molar-refractivity contribution in [2.45, 2.75) is 35.9 Å². The number of ether oxygens (including phenoxy) is 2. The summed E-state index contributed by atoms with van der Waals surface area (Å²) in [6.45, 7) is 2.90. The van der Waals surface area contributed by atoms with E-state index in [1.165, 1.54) is 10.5 Å². The van der Waals surface area contributed by atoms with Gasteiger partial charge in [0, 0.05) is 11.3 Å². The van der Waals surface area contributed by atoms with Crippen LogP contribution in [0.2, 0.25) is 0 Å². The Hall–Kier alpha value is -0.510. The second-order valence-corrected chi connectivity index (χ2v) is 5.19. The topological polar surface area (TPSA) is 21.8 Å². The van der Waals surface area contributed by atoms with Gasteiger partial charge in [-0.3, -0.25) is 0 Å². The van der Waals surface area contributed by atoms with Crippen molar-refractivity contribution >= 4 is 11.8 Å². The molecule has 0 aromatic heterocycles. The van der Waals surface area contributed by atoms with Gasteiger partial charge in [-0.2, -0.15) is 0 Å². The molecule has 2 aliphatic heterocycles. The number of benzene rings is 1. The maximum absolute atomic E-state index is 5.79. The zero-order valence-corrected chi connectivity index (χ0v) is 9.55. The third-order valence-electron chi connectivity index (χ3n) is 2.78. The molecule has 80 valence electrons. The monoisotopic (exact) mass is 222 g/mol. The molecule has 3 heteroatoms. The first-order valence-electron chi connectivity index (χ1n) is 5.43. The molecule has 1 fully saturated rings. The van der Waals surface area contributed by atoms with E-state index in [1.54, 1.807) is 11.8 Å². The highest BCUT2D eigenvalue weighted by molar-refractivity contribution is 8.00. The van der Waals surface area contributed by atoms with Crippen LogP contribution in [0, 0.1) is 0 Å². The van der Waals surface area contributed by atoms with Crippen LogP contribution in [0.5, 0.6) is 0 Å². The SMILES string of the molecule is CCCOC12OC1Cc1ccccc1S2. The lowest BCUT2D eigenvalue weighted by Crippen LogP contribution is -2.21. The third-order valence-corrected chi connectivity index (χ3v) is 4.16. The fraction of sp³-hybridized carbons (Fsp3) is 0.500. The first kappa shape index (κ1) is 9.70. The van der Waals surface area contributed by atoms with Crippen LogP contribution in [0.15, 0.2) is 29.2 Å². The molecule has 1 aromatic rings. The number of rotatable bonds is 3. The number of hydrogen-bond donors (Lipinski definition) is 0. The van der Waals surface area contributed by atoms with Crippen molar-refractivity contribution in [2.75, 3.05) is 6.61 Å². The molecule has 15 heavy (non-hydrogen) atoms. The number of epoxide rings is 1. The molecule has 0 bridgehead atoms. The van der Waals surface area contributed by atoms with Gasteiger partial charge in [0.1, 0.15) is 6.10 Å². The van der Waals surface area contributed by atoms with Crippen molar-refractivity contribution in [3.63, 3.8) is 0 Å². The second-order valence-electron chi connectivity index (χ2n) is 3.97. The van der Waals surface area contributed by atoms with Gasteiger partial charge in [-0.15, -0.1) is 0 Å². The van der Waals surface area contributed by atoms with Gasteiger partial charge in [0.25, 0.3) is 5.12 Å². The van der Waals surface area contributed by atoms with Crippen LogP contribution in [0.1, 0.15) is 18.9 Å². The highest BCUT2D eigenvalue weighted by atomic mass is 32.2. The Morgan fingerprint density at radius 1 is 1.53 bits per heavy atom. The number of thioether (sulfide) groups is 1. The summed E-state index contributed by atoms with van der Waals surface area (Å²) < 4.78 is 11.5. The smallest absolute Gasteiger partial charge is 0.251 e. The Balaban J connectivity index is 1.80. The molecular weight excluding hydrogens is 208 g/mol. The second kappa shape index (κ2) is 3.51. The molecule has 2 atom stereocenters. The standard InChI is InChI=1S/C12H14O2S/c1-2-7-13-12-11(14-12)8-9-5-3-4-6-10(9)15-12/h3-6,11H,2,7-8H2,1H3. The lowest BCUT2D eigenvalue weighted by atomic mass is 10.1. The fourth-order valence-corrected chi connectivity index (χ4v) is 3.20. The molecule has 0 aliphatic carbocycles. The number of hydrogen-bond acceptors (Lipinski definition) is 3. The van der Waals surface area contributed by atoms with Gasteiger partial charge in [-0.25, -0.2) is 0 Å². The molecule has 1 saturated heterocycles. The van der Waals surface area contributed by atoms with Crippen LogP contribution < -0.4 is 0 Å². The normalized spacial score (nSPS) is 31.9. The van der Waals surface area contributed by atoms with Crippen molar-refractivity contribution in [2.24, 2.45) is 0 Å². The predicted molar refractivity (Wildman–Crippen MR) is 59.9 cm³/mol. The quantitative estimate of drug-likeness (QED) is 0.734. The molecule has 2 unspecified atom stereocenters. The van der Waals surface area contributed by atoms with Gasteiger partial charge in [-0.1, -0.05) is 36.9 Å². The molecule has 0 saturated carbocycles. The lowest BCUT2D eigenvalue weighted by Gasteiger charge is -2.19. The Morgan fingerprint density at radius 2 is 2.40 bits per heavy atom. The van der Waals surface area contributed by atoms with E-state index in [0.29, 0.717) is 0 Å². The summed E-state index contributed by atoms with van der Waals surface area (Å²) in [4.78, 5) is 1.31. The molecule has 3 rings (SSSR count). The summed E-state index contributed by atoms with van der Waals surface area (Å²) in [5.74, 6) is 0. The van der Waals surface area contributed by atoms with Crippen LogP contribution in [-0.2, 0) is 15.9 Å². The Morgan fingerprint density at radius 3 is 3.27 bits per heavy atom. The molecule has 0 amide bonds. The van der Waals surface area contributed by atoms with E-state index in [9.17, 15) is 0 Å². The largest absolute Gasteiger partial charge is 0.339 e. The van der Waals surface area contributed by atoms with Gasteiger partial charge in [0.2, 0.25) is 0 Å². The van der Waals surface area contributed by atoms with Gasteiger partial charge in [0.15, 0.2) is 0 Å². The van der Waals surface area contributed by atoms with Crippen molar-refractivity contribution in [3.8, 4) is 0 Å². The molecule has 0 spiro atoms. The van der Waals surface area contributed by atoms with Crippen molar-refractivity contribution in [1.29, 1.82) is 0 Å². The lowest BCUT2D eigenvalue weighted by molar-refractivity contribution is 0.0243. The van der Waals surface area contributed by atoms with E-state index in [1.807, 2.05) is 0 Å². The first-order chi connectivity index (χ1) is 7.34. The Labute approximate surface area is 94.0 Å². The van der Waals surface area contributed by atoms with Gasteiger partial charge in [0.05, 0.1) is 6.61 Å². The minimum absolute atomic E-state index is 0.268.